The minimum Gasteiger partial charge on any atom is -0.289 e. The van der Waals surface area contributed by atoms with Gasteiger partial charge in [-0.25, -0.2) is 19.4 Å². The lowest BCUT2D eigenvalue weighted by molar-refractivity contribution is -0.188. The molecule has 0 spiro atoms. The van der Waals surface area contributed by atoms with Crippen molar-refractivity contribution >= 4 is 11.9 Å². The first kappa shape index (κ1) is 18.8. The van der Waals surface area contributed by atoms with Gasteiger partial charge >= 0.3 is 11.9 Å². The van der Waals surface area contributed by atoms with E-state index in [1.165, 1.54) is 6.07 Å². The maximum atomic E-state index is 12.5. The molecule has 0 aromatic heterocycles. The van der Waals surface area contributed by atoms with Crippen molar-refractivity contribution in [1.29, 1.82) is 0 Å². The van der Waals surface area contributed by atoms with Gasteiger partial charge in [0.1, 0.15) is 5.56 Å². The van der Waals surface area contributed by atoms with Crippen molar-refractivity contribution in [3.05, 3.63) is 58.1 Å². The molecule has 0 saturated carbocycles. The van der Waals surface area contributed by atoms with E-state index in [0.29, 0.717) is 23.3 Å². The number of benzene rings is 2. The first-order valence-corrected chi connectivity index (χ1v) is 8.67. The normalized spacial score (nSPS) is 12.2. The van der Waals surface area contributed by atoms with Crippen molar-refractivity contribution in [2.75, 3.05) is 0 Å². The molecular weight excluding hydrogens is 348 g/mol. The summed E-state index contributed by atoms with van der Waals surface area (Å²) in [5.74, 6) is -0.751. The Morgan fingerprint density at radius 3 is 2.26 bits per heavy atom. The van der Waals surface area contributed by atoms with E-state index in [-0.39, 0.29) is 16.7 Å². The van der Waals surface area contributed by atoms with E-state index in [4.69, 9.17) is 19.6 Å². The molecule has 1 heterocycles. The molecule has 27 heavy (non-hydrogen) atoms. The molecule has 6 nitrogen and oxygen atoms in total. The van der Waals surface area contributed by atoms with Gasteiger partial charge in [0.15, 0.2) is 11.5 Å². The largest absolute Gasteiger partial charge is 0.390 e. The molecule has 3 rings (SSSR count). The van der Waals surface area contributed by atoms with Crippen molar-refractivity contribution in [3.63, 3.8) is 0 Å². The Kier molecular flexibility index (Phi) is 4.83. The molecule has 6 heteroatoms. The van der Waals surface area contributed by atoms with E-state index in [0.717, 1.165) is 11.1 Å². The lowest BCUT2D eigenvalue weighted by Gasteiger charge is -2.21. The predicted octanol–water partition coefficient (Wildman–Crippen LogP) is 4.51. The molecule has 2 bridgehead atoms. The fourth-order valence-corrected chi connectivity index (χ4v) is 2.94. The molecule has 0 N–H and O–H groups in total. The first-order valence-electron chi connectivity index (χ1n) is 8.67. The van der Waals surface area contributed by atoms with Crippen LogP contribution in [0.2, 0.25) is 0 Å². The molecule has 1 aliphatic heterocycles. The minimum absolute atomic E-state index is 0.0153. The monoisotopic (exact) mass is 370 g/mol. The summed E-state index contributed by atoms with van der Waals surface area (Å²) in [6.45, 7) is 9.96. The van der Waals surface area contributed by atoms with E-state index >= 15 is 0 Å². The zero-order valence-corrected chi connectivity index (χ0v) is 16.0. The van der Waals surface area contributed by atoms with Crippen LogP contribution in [-0.2, 0) is 16.2 Å². The summed E-state index contributed by atoms with van der Waals surface area (Å²) in [5.41, 5.74) is 3.03. The second-order valence-corrected chi connectivity index (χ2v) is 7.81. The third-order valence-electron chi connectivity index (χ3n) is 4.32. The summed E-state index contributed by atoms with van der Waals surface area (Å²) >= 11 is 0. The second kappa shape index (κ2) is 6.95. The molecule has 1 aliphatic rings. The van der Waals surface area contributed by atoms with E-state index in [1.807, 2.05) is 13.0 Å². The lowest BCUT2D eigenvalue weighted by atomic mass is 9.84. The van der Waals surface area contributed by atoms with Crippen molar-refractivity contribution in [1.82, 2.24) is 0 Å². The molecule has 142 valence electrons. The van der Waals surface area contributed by atoms with E-state index < -0.39 is 11.9 Å². The number of rotatable bonds is 3. The molecule has 0 radical (unpaired) electrons. The molecule has 0 aliphatic carbocycles. The van der Waals surface area contributed by atoms with Gasteiger partial charge in [0, 0.05) is 5.56 Å². The highest BCUT2D eigenvalue weighted by Gasteiger charge is 2.28. The minimum atomic E-state index is -0.830. The van der Waals surface area contributed by atoms with Crippen molar-refractivity contribution < 1.29 is 29.1 Å². The highest BCUT2D eigenvalue weighted by Crippen LogP contribution is 2.37. The van der Waals surface area contributed by atoms with E-state index in [1.54, 1.807) is 25.1 Å². The van der Waals surface area contributed by atoms with Crippen LogP contribution in [0.1, 0.15) is 58.2 Å². The Morgan fingerprint density at radius 1 is 0.926 bits per heavy atom. The number of carbonyl (C=O) groups is 2. The van der Waals surface area contributed by atoms with Gasteiger partial charge in [-0.1, -0.05) is 32.9 Å². The Bertz CT molecular complexity index is 908. The van der Waals surface area contributed by atoms with E-state index in [9.17, 15) is 9.59 Å². The van der Waals surface area contributed by atoms with Crippen molar-refractivity contribution in [2.45, 2.75) is 41.0 Å². The van der Waals surface area contributed by atoms with Crippen LogP contribution in [0.5, 0.6) is 11.5 Å². The third-order valence-corrected chi connectivity index (χ3v) is 4.32. The summed E-state index contributed by atoms with van der Waals surface area (Å²) in [5, 5.41) is 0. The van der Waals surface area contributed by atoms with Gasteiger partial charge in [0.05, 0.1) is 5.56 Å². The Hall–Kier alpha value is -3.02. The predicted molar refractivity (Wildman–Crippen MR) is 97.6 cm³/mol. The number of fused-ring (bicyclic) bond motifs is 2. The van der Waals surface area contributed by atoms with E-state index in [2.05, 4.69) is 20.8 Å². The maximum absolute atomic E-state index is 12.5. The molecular formula is C21H22O6. The van der Waals surface area contributed by atoms with Gasteiger partial charge in [0.25, 0.3) is 0 Å². The first-order chi connectivity index (χ1) is 12.7. The molecule has 0 saturated heterocycles. The van der Waals surface area contributed by atoms with Crippen molar-refractivity contribution in [2.24, 2.45) is 5.41 Å². The zero-order chi connectivity index (χ0) is 19.8. The molecule has 0 amide bonds. The van der Waals surface area contributed by atoms with Crippen molar-refractivity contribution in [3.8, 4) is 11.5 Å². The number of hydrogen-bond donors (Lipinski definition) is 0. The quantitative estimate of drug-likeness (QED) is 0.585. The molecule has 2 aromatic carbocycles. The molecule has 0 unspecified atom stereocenters. The molecule has 2 aromatic rings. The van der Waals surface area contributed by atoms with Crippen LogP contribution < -0.4 is 9.78 Å². The smallest absolute Gasteiger partial charge is 0.289 e. The standard InChI is InChI=1S/C21H22O6/c1-12-7-6-8-14(16(12)11-21(3,4)5)19(22)26-27-20(23)15-9-10-17-13(2)18(15)25-24-17/h6-10H,11H2,1-5H3. The Labute approximate surface area is 157 Å². The van der Waals surface area contributed by atoms with Crippen LogP contribution in [-0.4, -0.2) is 11.9 Å². The summed E-state index contributed by atoms with van der Waals surface area (Å²) in [4.78, 5) is 44.4. The Morgan fingerprint density at radius 2 is 1.59 bits per heavy atom. The Balaban J connectivity index is 1.75. The number of hydrogen-bond acceptors (Lipinski definition) is 6. The van der Waals surface area contributed by atoms with Gasteiger partial charge in [-0.05, 0) is 55.0 Å². The number of carbonyl (C=O) groups excluding carboxylic acids is 2. The molecule has 0 atom stereocenters. The van der Waals surface area contributed by atoms with Gasteiger partial charge < -0.3 is 0 Å². The topological polar surface area (TPSA) is 71.1 Å². The lowest BCUT2D eigenvalue weighted by Crippen LogP contribution is -2.17. The van der Waals surface area contributed by atoms with Gasteiger partial charge in [-0.15, -0.1) is 0 Å². The second-order valence-electron chi connectivity index (χ2n) is 7.81. The fourth-order valence-electron chi connectivity index (χ4n) is 2.94. The summed E-state index contributed by atoms with van der Waals surface area (Å²) in [6, 6.07) is 8.46. The highest BCUT2D eigenvalue weighted by atomic mass is 17.2. The average Bonchev–Trinajstić information content (AvgIpc) is 2.81. The summed E-state index contributed by atoms with van der Waals surface area (Å²) in [6.07, 6.45) is 0.689. The fraction of sp³-hybridized carbons (Fsp3) is 0.333. The van der Waals surface area contributed by atoms with Gasteiger partial charge in [-0.2, -0.15) is 0 Å². The zero-order valence-electron chi connectivity index (χ0n) is 16.0. The van der Waals surface area contributed by atoms with Crippen LogP contribution >= 0.6 is 0 Å². The van der Waals surface area contributed by atoms with Crippen LogP contribution in [0.15, 0.2) is 30.3 Å². The van der Waals surface area contributed by atoms with Crippen LogP contribution in [0.25, 0.3) is 0 Å². The van der Waals surface area contributed by atoms with Crippen LogP contribution in [0.3, 0.4) is 0 Å². The summed E-state index contributed by atoms with van der Waals surface area (Å²) < 4.78 is 0. The maximum Gasteiger partial charge on any atom is 0.390 e. The third kappa shape index (κ3) is 3.89. The average molecular weight is 370 g/mol. The SMILES string of the molecule is Cc1cccc(C(=O)OOC(=O)c2ccc3c(C)c2OO3)c1CC(C)(C)C. The van der Waals surface area contributed by atoms with Gasteiger partial charge in [-0.3, -0.25) is 9.78 Å². The summed E-state index contributed by atoms with van der Waals surface area (Å²) in [7, 11) is 0. The molecule has 0 fully saturated rings. The number of aryl methyl sites for hydroxylation is 1. The highest BCUT2D eigenvalue weighted by molar-refractivity contribution is 5.95. The van der Waals surface area contributed by atoms with Gasteiger partial charge in [0.2, 0.25) is 0 Å². The van der Waals surface area contributed by atoms with Crippen LogP contribution in [0, 0.1) is 19.3 Å². The van der Waals surface area contributed by atoms with Crippen LogP contribution in [0.4, 0.5) is 0 Å².